The van der Waals surface area contributed by atoms with Gasteiger partial charge in [0.1, 0.15) is 12.1 Å². The highest BCUT2D eigenvalue weighted by atomic mass is 35.5. The number of hydrogen-bond donors (Lipinski definition) is 1. The zero-order valence-corrected chi connectivity index (χ0v) is 11.8. The van der Waals surface area contributed by atoms with Crippen LogP contribution in [0, 0.1) is 0 Å². The molecule has 0 radical (unpaired) electrons. The summed E-state index contributed by atoms with van der Waals surface area (Å²) >= 11 is 6.11. The molecule has 1 aromatic rings. The SMILES string of the molecule is CCC1NC(=O)C(C)N(Cc2ccccc2Cl)C1=O. The molecule has 4 nitrogen and oxygen atoms in total. The predicted molar refractivity (Wildman–Crippen MR) is 73.7 cm³/mol. The van der Waals surface area contributed by atoms with Crippen molar-refractivity contribution in [1.82, 2.24) is 10.2 Å². The van der Waals surface area contributed by atoms with Crippen LogP contribution >= 0.6 is 11.6 Å². The van der Waals surface area contributed by atoms with E-state index >= 15 is 0 Å². The Morgan fingerprint density at radius 1 is 1.32 bits per heavy atom. The highest BCUT2D eigenvalue weighted by Crippen LogP contribution is 2.21. The molecule has 5 heteroatoms. The number of carbonyl (C=O) groups excluding carboxylic acids is 2. The van der Waals surface area contributed by atoms with Gasteiger partial charge in [-0.25, -0.2) is 0 Å². The molecular weight excluding hydrogens is 264 g/mol. The third-order valence-electron chi connectivity index (χ3n) is 3.45. The first-order chi connectivity index (χ1) is 9.04. The molecule has 2 amide bonds. The molecule has 1 fully saturated rings. The maximum Gasteiger partial charge on any atom is 0.246 e. The molecule has 1 aromatic carbocycles. The maximum atomic E-state index is 12.3. The third-order valence-corrected chi connectivity index (χ3v) is 3.82. The molecule has 0 aromatic heterocycles. The second-order valence-corrected chi connectivity index (χ2v) is 5.11. The minimum Gasteiger partial charge on any atom is -0.343 e. The number of piperazine rings is 1. The average Bonchev–Trinajstić information content (AvgIpc) is 2.41. The van der Waals surface area contributed by atoms with E-state index in [0.29, 0.717) is 18.0 Å². The van der Waals surface area contributed by atoms with Crippen molar-refractivity contribution in [3.05, 3.63) is 34.9 Å². The van der Waals surface area contributed by atoms with E-state index in [0.717, 1.165) is 5.56 Å². The van der Waals surface area contributed by atoms with Crippen LogP contribution < -0.4 is 5.32 Å². The Kier molecular flexibility index (Phi) is 4.10. The lowest BCUT2D eigenvalue weighted by molar-refractivity contribution is -0.149. The minimum atomic E-state index is -0.466. The number of amides is 2. The highest BCUT2D eigenvalue weighted by Gasteiger charge is 2.37. The van der Waals surface area contributed by atoms with Crippen LogP contribution in [0.25, 0.3) is 0 Å². The summed E-state index contributed by atoms with van der Waals surface area (Å²) in [5.41, 5.74) is 0.855. The molecule has 0 aliphatic carbocycles. The minimum absolute atomic E-state index is 0.0467. The summed E-state index contributed by atoms with van der Waals surface area (Å²) in [6.07, 6.45) is 0.594. The quantitative estimate of drug-likeness (QED) is 0.920. The number of benzene rings is 1. The molecule has 19 heavy (non-hydrogen) atoms. The van der Waals surface area contributed by atoms with Gasteiger partial charge in [0.25, 0.3) is 0 Å². The number of halogens is 1. The van der Waals surface area contributed by atoms with E-state index in [9.17, 15) is 9.59 Å². The van der Waals surface area contributed by atoms with Gasteiger partial charge in [0.2, 0.25) is 11.8 Å². The van der Waals surface area contributed by atoms with Crippen molar-refractivity contribution < 1.29 is 9.59 Å². The van der Waals surface area contributed by atoms with Gasteiger partial charge >= 0.3 is 0 Å². The predicted octanol–water partition coefficient (Wildman–Crippen LogP) is 1.97. The van der Waals surface area contributed by atoms with Crippen molar-refractivity contribution in [3.63, 3.8) is 0 Å². The fourth-order valence-electron chi connectivity index (χ4n) is 2.19. The van der Waals surface area contributed by atoms with E-state index in [-0.39, 0.29) is 11.8 Å². The lowest BCUT2D eigenvalue weighted by atomic mass is 10.0. The summed E-state index contributed by atoms with van der Waals surface area (Å²) < 4.78 is 0. The molecule has 2 unspecified atom stereocenters. The van der Waals surface area contributed by atoms with Crippen LogP contribution in [0.2, 0.25) is 5.02 Å². The Morgan fingerprint density at radius 2 is 2.00 bits per heavy atom. The summed E-state index contributed by atoms with van der Waals surface area (Å²) in [4.78, 5) is 25.7. The summed E-state index contributed by atoms with van der Waals surface area (Å²) in [5, 5.41) is 3.35. The molecule has 1 N–H and O–H groups in total. The van der Waals surface area contributed by atoms with Crippen LogP contribution in [-0.2, 0) is 16.1 Å². The van der Waals surface area contributed by atoms with Crippen LogP contribution in [0.3, 0.4) is 0 Å². The second kappa shape index (κ2) is 5.61. The lowest BCUT2D eigenvalue weighted by Crippen LogP contribution is -2.61. The van der Waals surface area contributed by atoms with Gasteiger partial charge in [0.15, 0.2) is 0 Å². The first-order valence-corrected chi connectivity index (χ1v) is 6.76. The average molecular weight is 281 g/mol. The van der Waals surface area contributed by atoms with E-state index in [4.69, 9.17) is 11.6 Å². The molecule has 2 rings (SSSR count). The molecule has 0 saturated carbocycles. The first kappa shape index (κ1) is 13.9. The van der Waals surface area contributed by atoms with Crippen LogP contribution in [-0.4, -0.2) is 28.8 Å². The second-order valence-electron chi connectivity index (χ2n) is 4.70. The summed E-state index contributed by atoms with van der Waals surface area (Å²) in [7, 11) is 0. The molecule has 1 aliphatic rings. The van der Waals surface area contributed by atoms with Gasteiger partial charge in [-0.2, -0.15) is 0 Å². The van der Waals surface area contributed by atoms with Gasteiger partial charge in [0.05, 0.1) is 0 Å². The topological polar surface area (TPSA) is 49.4 Å². The first-order valence-electron chi connectivity index (χ1n) is 6.38. The summed E-state index contributed by atoms with van der Waals surface area (Å²) in [6.45, 7) is 3.98. The van der Waals surface area contributed by atoms with Crippen molar-refractivity contribution in [1.29, 1.82) is 0 Å². The Hall–Kier alpha value is -1.55. The number of nitrogens with one attached hydrogen (secondary N) is 1. The lowest BCUT2D eigenvalue weighted by Gasteiger charge is -2.37. The monoisotopic (exact) mass is 280 g/mol. The number of nitrogens with zero attached hydrogens (tertiary/aromatic N) is 1. The fraction of sp³-hybridized carbons (Fsp3) is 0.429. The standard InChI is InChI=1S/C14H17ClN2O2/c1-3-12-14(19)17(9(2)13(18)16-12)8-10-6-4-5-7-11(10)15/h4-7,9,12H,3,8H2,1-2H3,(H,16,18). The normalized spacial score (nSPS) is 23.4. The van der Waals surface area contributed by atoms with E-state index in [1.165, 1.54) is 0 Å². The van der Waals surface area contributed by atoms with Gasteiger partial charge in [0, 0.05) is 11.6 Å². The van der Waals surface area contributed by atoms with Crippen molar-refractivity contribution in [2.75, 3.05) is 0 Å². The zero-order chi connectivity index (χ0) is 14.0. The van der Waals surface area contributed by atoms with E-state index in [2.05, 4.69) is 5.32 Å². The maximum absolute atomic E-state index is 12.3. The van der Waals surface area contributed by atoms with E-state index < -0.39 is 12.1 Å². The van der Waals surface area contributed by atoms with E-state index in [1.807, 2.05) is 25.1 Å². The van der Waals surface area contributed by atoms with Gasteiger partial charge in [-0.3, -0.25) is 9.59 Å². The molecular formula is C14H17ClN2O2. The summed E-state index contributed by atoms with van der Waals surface area (Å²) in [6, 6.07) is 6.48. The summed E-state index contributed by atoms with van der Waals surface area (Å²) in [5.74, 6) is -0.159. The number of carbonyl (C=O) groups is 2. The molecule has 1 heterocycles. The molecule has 102 valence electrons. The third kappa shape index (κ3) is 2.73. The smallest absolute Gasteiger partial charge is 0.246 e. The Labute approximate surface area is 117 Å². The van der Waals surface area contributed by atoms with Gasteiger partial charge in [-0.1, -0.05) is 36.7 Å². The van der Waals surface area contributed by atoms with Gasteiger partial charge in [-0.15, -0.1) is 0 Å². The van der Waals surface area contributed by atoms with Crippen LogP contribution in [0.1, 0.15) is 25.8 Å². The zero-order valence-electron chi connectivity index (χ0n) is 11.0. The van der Waals surface area contributed by atoms with E-state index in [1.54, 1.807) is 17.9 Å². The van der Waals surface area contributed by atoms with Crippen LogP contribution in [0.15, 0.2) is 24.3 Å². The van der Waals surface area contributed by atoms with Crippen molar-refractivity contribution >= 4 is 23.4 Å². The molecule has 1 aliphatic heterocycles. The van der Waals surface area contributed by atoms with Crippen molar-refractivity contribution in [2.24, 2.45) is 0 Å². The van der Waals surface area contributed by atoms with Gasteiger partial charge < -0.3 is 10.2 Å². The van der Waals surface area contributed by atoms with Crippen molar-refractivity contribution in [2.45, 2.75) is 38.9 Å². The molecule has 0 spiro atoms. The molecule has 0 bridgehead atoms. The van der Waals surface area contributed by atoms with Crippen molar-refractivity contribution in [3.8, 4) is 0 Å². The van der Waals surface area contributed by atoms with Crippen LogP contribution in [0.5, 0.6) is 0 Å². The Balaban J connectivity index is 2.24. The Morgan fingerprint density at radius 3 is 2.63 bits per heavy atom. The Bertz CT molecular complexity index is 504. The van der Waals surface area contributed by atoms with Crippen LogP contribution in [0.4, 0.5) is 0 Å². The fourth-order valence-corrected chi connectivity index (χ4v) is 2.38. The number of rotatable bonds is 3. The highest BCUT2D eigenvalue weighted by molar-refractivity contribution is 6.31. The molecule has 1 saturated heterocycles. The van der Waals surface area contributed by atoms with Gasteiger partial charge in [-0.05, 0) is 25.0 Å². The number of hydrogen-bond acceptors (Lipinski definition) is 2. The molecule has 2 atom stereocenters. The largest absolute Gasteiger partial charge is 0.343 e.